The van der Waals surface area contributed by atoms with Crippen molar-refractivity contribution < 1.29 is 9.53 Å². The van der Waals surface area contributed by atoms with Gasteiger partial charge in [0.15, 0.2) is 0 Å². The van der Waals surface area contributed by atoms with Gasteiger partial charge in [0.05, 0.1) is 0 Å². The summed E-state index contributed by atoms with van der Waals surface area (Å²) in [4.78, 5) is 13.8. The summed E-state index contributed by atoms with van der Waals surface area (Å²) in [7, 11) is 0. The molecule has 0 bridgehead atoms. The lowest BCUT2D eigenvalue weighted by Gasteiger charge is -2.16. The minimum absolute atomic E-state index is 0.154. The Labute approximate surface area is 111 Å². The molecule has 0 spiro atoms. The number of hydrogen-bond acceptors (Lipinski definition) is 3. The molecule has 1 amide bonds. The van der Waals surface area contributed by atoms with Gasteiger partial charge in [0.2, 0.25) is 0 Å². The molecule has 18 heavy (non-hydrogen) atoms. The summed E-state index contributed by atoms with van der Waals surface area (Å²) in [5, 5.41) is 0. The minimum atomic E-state index is -0.154. The minimum Gasteiger partial charge on any atom is -0.445 e. The number of rotatable bonds is 2. The lowest BCUT2D eigenvalue weighted by Crippen LogP contribution is -2.30. The van der Waals surface area contributed by atoms with E-state index < -0.39 is 0 Å². The van der Waals surface area contributed by atoms with E-state index in [4.69, 9.17) is 4.74 Å². The van der Waals surface area contributed by atoms with Crippen LogP contribution in [0, 0.1) is 11.8 Å². The van der Waals surface area contributed by atoms with E-state index in [9.17, 15) is 4.79 Å². The standard InChI is InChI=1S/C14H17NO2S/c16-14(17-8-11-4-2-1-3-5-11)15-6-12-9-18-10-13(12)7-15/h1-5,12-13H,6-10H2. The van der Waals surface area contributed by atoms with Crippen LogP contribution in [0.25, 0.3) is 0 Å². The molecule has 96 valence electrons. The molecule has 0 N–H and O–H groups in total. The van der Waals surface area contributed by atoms with Crippen molar-refractivity contribution in [3.05, 3.63) is 35.9 Å². The molecule has 4 heteroatoms. The molecule has 0 saturated carbocycles. The van der Waals surface area contributed by atoms with Crippen molar-refractivity contribution >= 4 is 17.9 Å². The molecular weight excluding hydrogens is 246 g/mol. The average Bonchev–Trinajstić information content (AvgIpc) is 2.98. The van der Waals surface area contributed by atoms with Crippen LogP contribution in [-0.4, -0.2) is 35.6 Å². The number of nitrogens with zero attached hydrogens (tertiary/aromatic N) is 1. The van der Waals surface area contributed by atoms with E-state index in [1.807, 2.05) is 47.0 Å². The average molecular weight is 263 g/mol. The van der Waals surface area contributed by atoms with E-state index in [1.165, 1.54) is 11.5 Å². The van der Waals surface area contributed by atoms with Gasteiger partial charge in [-0.2, -0.15) is 11.8 Å². The highest BCUT2D eigenvalue weighted by Gasteiger charge is 2.39. The lowest BCUT2D eigenvalue weighted by molar-refractivity contribution is 0.102. The van der Waals surface area contributed by atoms with Crippen molar-refractivity contribution in [3.63, 3.8) is 0 Å². The second-order valence-corrected chi connectivity index (χ2v) is 6.08. The molecular formula is C14H17NO2S. The van der Waals surface area contributed by atoms with Gasteiger partial charge < -0.3 is 9.64 Å². The third kappa shape index (κ3) is 2.48. The molecule has 2 saturated heterocycles. The van der Waals surface area contributed by atoms with E-state index in [0.29, 0.717) is 18.4 Å². The predicted octanol–water partition coefficient (Wildman–Crippen LogP) is 2.62. The molecule has 2 aliphatic heterocycles. The SMILES string of the molecule is O=C(OCc1ccccc1)N1CC2CSCC2C1. The number of fused-ring (bicyclic) bond motifs is 1. The highest BCUT2D eigenvalue weighted by Crippen LogP contribution is 2.36. The fraction of sp³-hybridized carbons (Fsp3) is 0.500. The maximum atomic E-state index is 11.9. The zero-order valence-electron chi connectivity index (χ0n) is 10.2. The van der Waals surface area contributed by atoms with Gasteiger partial charge in [0.25, 0.3) is 0 Å². The first kappa shape index (κ1) is 11.9. The topological polar surface area (TPSA) is 29.5 Å². The van der Waals surface area contributed by atoms with E-state index in [0.717, 1.165) is 18.7 Å². The van der Waals surface area contributed by atoms with Crippen molar-refractivity contribution in [2.45, 2.75) is 6.61 Å². The van der Waals surface area contributed by atoms with Crippen LogP contribution in [0.3, 0.4) is 0 Å². The zero-order valence-corrected chi connectivity index (χ0v) is 11.1. The van der Waals surface area contributed by atoms with Gasteiger partial charge >= 0.3 is 6.09 Å². The van der Waals surface area contributed by atoms with Crippen LogP contribution in [0.15, 0.2) is 30.3 Å². The summed E-state index contributed by atoms with van der Waals surface area (Å²) in [5.41, 5.74) is 1.04. The normalized spacial score (nSPS) is 26.1. The molecule has 2 heterocycles. The molecule has 3 rings (SSSR count). The summed E-state index contributed by atoms with van der Waals surface area (Å²) in [6.07, 6.45) is -0.154. The van der Waals surface area contributed by atoms with E-state index >= 15 is 0 Å². The third-order valence-electron chi connectivity index (χ3n) is 3.70. The van der Waals surface area contributed by atoms with Gasteiger partial charge in [-0.25, -0.2) is 4.79 Å². The number of carbonyl (C=O) groups is 1. The second-order valence-electron chi connectivity index (χ2n) is 5.00. The Morgan fingerprint density at radius 3 is 2.56 bits per heavy atom. The number of amides is 1. The Morgan fingerprint density at radius 1 is 1.22 bits per heavy atom. The van der Waals surface area contributed by atoms with Crippen molar-refractivity contribution in [3.8, 4) is 0 Å². The van der Waals surface area contributed by atoms with Crippen LogP contribution in [0.2, 0.25) is 0 Å². The molecule has 2 unspecified atom stereocenters. The number of likely N-dealkylation sites (tertiary alicyclic amines) is 1. The molecule has 3 nitrogen and oxygen atoms in total. The van der Waals surface area contributed by atoms with Crippen LogP contribution in [0.4, 0.5) is 4.79 Å². The van der Waals surface area contributed by atoms with E-state index in [-0.39, 0.29) is 6.09 Å². The quantitative estimate of drug-likeness (QED) is 0.821. The highest BCUT2D eigenvalue weighted by atomic mass is 32.2. The van der Waals surface area contributed by atoms with Crippen LogP contribution in [-0.2, 0) is 11.3 Å². The lowest BCUT2D eigenvalue weighted by atomic mass is 10.0. The summed E-state index contributed by atoms with van der Waals surface area (Å²) in [6, 6.07) is 9.83. The van der Waals surface area contributed by atoms with Gasteiger partial charge in [-0.05, 0) is 28.9 Å². The smallest absolute Gasteiger partial charge is 0.410 e. The summed E-state index contributed by atoms with van der Waals surface area (Å²) in [6.45, 7) is 2.14. The molecule has 2 fully saturated rings. The van der Waals surface area contributed by atoms with Gasteiger partial charge in [0, 0.05) is 13.1 Å². The predicted molar refractivity (Wildman–Crippen MR) is 72.5 cm³/mol. The Kier molecular flexibility index (Phi) is 3.46. The third-order valence-corrected chi connectivity index (χ3v) is 5.03. The highest BCUT2D eigenvalue weighted by molar-refractivity contribution is 7.99. The Bertz CT molecular complexity index is 411. The van der Waals surface area contributed by atoms with E-state index in [1.54, 1.807) is 0 Å². The maximum absolute atomic E-state index is 11.9. The Balaban J connectivity index is 1.50. The van der Waals surface area contributed by atoms with E-state index in [2.05, 4.69) is 0 Å². The van der Waals surface area contributed by atoms with Crippen LogP contribution in [0.5, 0.6) is 0 Å². The maximum Gasteiger partial charge on any atom is 0.410 e. The molecule has 1 aromatic rings. The molecule has 0 radical (unpaired) electrons. The largest absolute Gasteiger partial charge is 0.445 e. The van der Waals surface area contributed by atoms with Gasteiger partial charge in [0.1, 0.15) is 6.61 Å². The molecule has 1 aromatic carbocycles. The van der Waals surface area contributed by atoms with Crippen molar-refractivity contribution in [2.24, 2.45) is 11.8 Å². The van der Waals surface area contributed by atoms with Crippen molar-refractivity contribution in [2.75, 3.05) is 24.6 Å². The Hall–Kier alpha value is -1.16. The molecule has 2 atom stereocenters. The summed E-state index contributed by atoms with van der Waals surface area (Å²) >= 11 is 2.01. The summed E-state index contributed by atoms with van der Waals surface area (Å²) < 4.78 is 5.36. The monoisotopic (exact) mass is 263 g/mol. The van der Waals surface area contributed by atoms with Crippen LogP contribution in [0.1, 0.15) is 5.56 Å². The molecule has 2 aliphatic rings. The van der Waals surface area contributed by atoms with Crippen LogP contribution >= 0.6 is 11.8 Å². The van der Waals surface area contributed by atoms with Crippen LogP contribution < -0.4 is 0 Å². The molecule has 0 aliphatic carbocycles. The molecule has 0 aromatic heterocycles. The fourth-order valence-electron chi connectivity index (χ4n) is 2.65. The zero-order chi connectivity index (χ0) is 12.4. The van der Waals surface area contributed by atoms with Crippen molar-refractivity contribution in [1.29, 1.82) is 0 Å². The first-order chi connectivity index (χ1) is 8.83. The number of benzene rings is 1. The second kappa shape index (κ2) is 5.22. The van der Waals surface area contributed by atoms with Gasteiger partial charge in [-0.1, -0.05) is 30.3 Å². The fourth-order valence-corrected chi connectivity index (χ4v) is 4.14. The number of carbonyl (C=O) groups excluding carboxylic acids is 1. The number of ether oxygens (including phenoxy) is 1. The van der Waals surface area contributed by atoms with Crippen molar-refractivity contribution in [1.82, 2.24) is 4.90 Å². The van der Waals surface area contributed by atoms with Gasteiger partial charge in [-0.15, -0.1) is 0 Å². The van der Waals surface area contributed by atoms with Gasteiger partial charge in [-0.3, -0.25) is 0 Å². The Morgan fingerprint density at radius 2 is 1.89 bits per heavy atom. The summed E-state index contributed by atoms with van der Waals surface area (Å²) in [5.74, 6) is 3.79. The number of thioether (sulfide) groups is 1. The number of hydrogen-bond donors (Lipinski definition) is 0. The first-order valence-corrected chi connectivity index (χ1v) is 7.52. The first-order valence-electron chi connectivity index (χ1n) is 6.36.